The summed E-state index contributed by atoms with van der Waals surface area (Å²) in [4.78, 5) is 11.3. The molecule has 1 aliphatic carbocycles. The van der Waals surface area contributed by atoms with Crippen LogP contribution >= 0.6 is 0 Å². The van der Waals surface area contributed by atoms with Crippen LogP contribution in [-0.2, 0) is 11.3 Å². The monoisotopic (exact) mass is 285 g/mol. The lowest BCUT2D eigenvalue weighted by Crippen LogP contribution is -2.02. The number of rotatable bonds is 5. The van der Waals surface area contributed by atoms with E-state index >= 15 is 0 Å². The number of hydrogen-bond acceptors (Lipinski definition) is 4. The second-order valence-corrected chi connectivity index (χ2v) is 5.55. The van der Waals surface area contributed by atoms with Gasteiger partial charge < -0.3 is 14.5 Å². The van der Waals surface area contributed by atoms with Crippen molar-refractivity contribution >= 4 is 11.7 Å². The standard InChI is InChI=1S/C17H19NO3/c1-11-9-15(11)16-8-7-14(21-16)10-18-13-5-3-12(4-6-13)17(19)20-2/h3-8,11,15,18H,9-10H2,1-2H3. The Balaban J connectivity index is 1.57. The number of esters is 1. The summed E-state index contributed by atoms with van der Waals surface area (Å²) < 4.78 is 10.5. The molecule has 1 fully saturated rings. The first kappa shape index (κ1) is 13.7. The fourth-order valence-electron chi connectivity index (χ4n) is 2.44. The number of nitrogens with one attached hydrogen (secondary N) is 1. The molecule has 110 valence electrons. The fraction of sp³-hybridized carbons (Fsp3) is 0.353. The Bertz CT molecular complexity index is 630. The summed E-state index contributed by atoms with van der Waals surface area (Å²) in [6.45, 7) is 2.88. The molecule has 0 radical (unpaired) electrons. The van der Waals surface area contributed by atoms with Crippen LogP contribution in [0.3, 0.4) is 0 Å². The van der Waals surface area contributed by atoms with E-state index in [2.05, 4.69) is 23.0 Å². The van der Waals surface area contributed by atoms with Gasteiger partial charge in [0, 0.05) is 11.6 Å². The summed E-state index contributed by atoms with van der Waals surface area (Å²) in [5.74, 6) is 3.07. The first-order valence-corrected chi connectivity index (χ1v) is 7.18. The predicted molar refractivity (Wildman–Crippen MR) is 80.3 cm³/mol. The molecule has 0 aliphatic heterocycles. The molecule has 3 rings (SSSR count). The molecule has 0 bridgehead atoms. The van der Waals surface area contributed by atoms with Crippen LogP contribution in [0, 0.1) is 5.92 Å². The zero-order chi connectivity index (χ0) is 14.8. The average Bonchev–Trinajstić information content (AvgIpc) is 3.06. The first-order valence-electron chi connectivity index (χ1n) is 7.18. The zero-order valence-electron chi connectivity index (χ0n) is 12.3. The molecule has 4 heteroatoms. The van der Waals surface area contributed by atoms with Crippen molar-refractivity contribution < 1.29 is 13.9 Å². The maximum absolute atomic E-state index is 11.3. The minimum atomic E-state index is -0.323. The number of methoxy groups -OCH3 is 1. The normalized spacial score (nSPS) is 20.1. The van der Waals surface area contributed by atoms with E-state index in [0.717, 1.165) is 23.1 Å². The second-order valence-electron chi connectivity index (χ2n) is 5.55. The Morgan fingerprint density at radius 2 is 2.00 bits per heavy atom. The van der Waals surface area contributed by atoms with E-state index in [1.807, 2.05) is 18.2 Å². The van der Waals surface area contributed by atoms with E-state index in [1.165, 1.54) is 13.5 Å². The van der Waals surface area contributed by atoms with E-state index in [4.69, 9.17) is 4.42 Å². The van der Waals surface area contributed by atoms with Gasteiger partial charge in [-0.15, -0.1) is 0 Å². The average molecular weight is 285 g/mol. The van der Waals surface area contributed by atoms with E-state index in [9.17, 15) is 4.79 Å². The van der Waals surface area contributed by atoms with Crippen molar-refractivity contribution in [3.8, 4) is 0 Å². The summed E-state index contributed by atoms with van der Waals surface area (Å²) in [5, 5.41) is 3.28. The van der Waals surface area contributed by atoms with Gasteiger partial charge in [0.05, 0.1) is 19.2 Å². The Kier molecular flexibility index (Phi) is 3.69. The van der Waals surface area contributed by atoms with Gasteiger partial charge in [0.2, 0.25) is 0 Å². The van der Waals surface area contributed by atoms with Crippen molar-refractivity contribution in [3.63, 3.8) is 0 Å². The quantitative estimate of drug-likeness (QED) is 0.849. The van der Waals surface area contributed by atoms with Gasteiger partial charge in [-0.1, -0.05) is 6.92 Å². The van der Waals surface area contributed by atoms with Gasteiger partial charge in [0.1, 0.15) is 11.5 Å². The fourth-order valence-corrected chi connectivity index (χ4v) is 2.44. The largest absolute Gasteiger partial charge is 0.465 e. The molecule has 0 spiro atoms. The maximum Gasteiger partial charge on any atom is 0.337 e. The van der Waals surface area contributed by atoms with Crippen LogP contribution < -0.4 is 5.32 Å². The Hall–Kier alpha value is -2.23. The Morgan fingerprint density at radius 1 is 1.29 bits per heavy atom. The van der Waals surface area contributed by atoms with Crippen LogP contribution in [0.2, 0.25) is 0 Å². The molecule has 0 amide bonds. The van der Waals surface area contributed by atoms with Crippen molar-refractivity contribution in [1.82, 2.24) is 0 Å². The van der Waals surface area contributed by atoms with Crippen LogP contribution in [0.1, 0.15) is 41.1 Å². The molecule has 0 saturated heterocycles. The number of carbonyl (C=O) groups excluding carboxylic acids is 1. The van der Waals surface area contributed by atoms with Gasteiger partial charge in [-0.3, -0.25) is 0 Å². The summed E-state index contributed by atoms with van der Waals surface area (Å²) in [6, 6.07) is 11.3. The highest BCUT2D eigenvalue weighted by molar-refractivity contribution is 5.89. The molecular weight excluding hydrogens is 266 g/mol. The van der Waals surface area contributed by atoms with Crippen LogP contribution in [-0.4, -0.2) is 13.1 Å². The molecule has 2 atom stereocenters. The van der Waals surface area contributed by atoms with Crippen molar-refractivity contribution in [2.45, 2.75) is 25.8 Å². The van der Waals surface area contributed by atoms with E-state index < -0.39 is 0 Å². The predicted octanol–water partition coefficient (Wildman–Crippen LogP) is 3.80. The third-order valence-corrected chi connectivity index (χ3v) is 3.93. The zero-order valence-corrected chi connectivity index (χ0v) is 12.3. The highest BCUT2D eigenvalue weighted by atomic mass is 16.5. The Labute approximate surface area is 124 Å². The van der Waals surface area contributed by atoms with Crippen molar-refractivity contribution in [2.24, 2.45) is 5.92 Å². The minimum Gasteiger partial charge on any atom is -0.465 e. The lowest BCUT2D eigenvalue weighted by molar-refractivity contribution is 0.0601. The lowest BCUT2D eigenvalue weighted by Gasteiger charge is -2.05. The molecule has 4 nitrogen and oxygen atoms in total. The minimum absolute atomic E-state index is 0.323. The van der Waals surface area contributed by atoms with Crippen LogP contribution in [0.5, 0.6) is 0 Å². The Morgan fingerprint density at radius 3 is 2.62 bits per heavy atom. The smallest absolute Gasteiger partial charge is 0.337 e. The molecule has 21 heavy (non-hydrogen) atoms. The third-order valence-electron chi connectivity index (χ3n) is 3.93. The number of anilines is 1. The summed E-state index contributed by atoms with van der Waals surface area (Å²) in [7, 11) is 1.38. The lowest BCUT2D eigenvalue weighted by atomic mass is 10.2. The van der Waals surface area contributed by atoms with E-state index in [0.29, 0.717) is 18.0 Å². The van der Waals surface area contributed by atoms with Crippen molar-refractivity contribution in [1.29, 1.82) is 0 Å². The highest BCUT2D eigenvalue weighted by Gasteiger charge is 2.36. The molecule has 2 unspecified atom stereocenters. The second kappa shape index (κ2) is 5.64. The molecule has 1 N–H and O–H groups in total. The van der Waals surface area contributed by atoms with Gasteiger partial charge in [0.25, 0.3) is 0 Å². The van der Waals surface area contributed by atoms with Gasteiger partial charge >= 0.3 is 5.97 Å². The number of benzene rings is 1. The van der Waals surface area contributed by atoms with Crippen LogP contribution in [0.4, 0.5) is 5.69 Å². The molecule has 1 aromatic heterocycles. The number of furan rings is 1. The topological polar surface area (TPSA) is 51.5 Å². The third kappa shape index (κ3) is 3.10. The van der Waals surface area contributed by atoms with Crippen LogP contribution in [0.15, 0.2) is 40.8 Å². The summed E-state index contributed by atoms with van der Waals surface area (Å²) >= 11 is 0. The van der Waals surface area contributed by atoms with E-state index in [1.54, 1.807) is 12.1 Å². The molecular formula is C17H19NO3. The molecule has 1 aromatic carbocycles. The maximum atomic E-state index is 11.3. The number of hydrogen-bond donors (Lipinski definition) is 1. The molecule has 1 saturated carbocycles. The number of carbonyl (C=O) groups is 1. The molecule has 2 aromatic rings. The van der Waals surface area contributed by atoms with Gasteiger partial charge in [0.15, 0.2) is 0 Å². The highest BCUT2D eigenvalue weighted by Crippen LogP contribution is 2.47. The molecule has 1 aliphatic rings. The number of ether oxygens (including phenoxy) is 1. The van der Waals surface area contributed by atoms with Crippen molar-refractivity contribution in [2.75, 3.05) is 12.4 Å². The summed E-state index contributed by atoms with van der Waals surface area (Å²) in [5.41, 5.74) is 1.49. The SMILES string of the molecule is COC(=O)c1ccc(NCc2ccc(C3CC3C)o2)cc1. The van der Waals surface area contributed by atoms with Gasteiger partial charge in [-0.25, -0.2) is 4.79 Å². The van der Waals surface area contributed by atoms with Crippen molar-refractivity contribution in [3.05, 3.63) is 53.5 Å². The van der Waals surface area contributed by atoms with E-state index in [-0.39, 0.29) is 5.97 Å². The molecule has 1 heterocycles. The van der Waals surface area contributed by atoms with Crippen LogP contribution in [0.25, 0.3) is 0 Å². The van der Waals surface area contributed by atoms with Gasteiger partial charge in [-0.05, 0) is 48.7 Å². The summed E-state index contributed by atoms with van der Waals surface area (Å²) in [6.07, 6.45) is 1.23. The first-order chi connectivity index (χ1) is 10.2. The van der Waals surface area contributed by atoms with Gasteiger partial charge in [-0.2, -0.15) is 0 Å².